The van der Waals surface area contributed by atoms with Crippen molar-refractivity contribution >= 4 is 39.1 Å². The van der Waals surface area contributed by atoms with Crippen LogP contribution in [-0.2, 0) is 27.8 Å². The molecule has 0 aliphatic carbocycles. The first-order valence-corrected chi connectivity index (χ1v) is 11.6. The molecule has 10 heteroatoms. The molecule has 0 heterocycles. The molecule has 0 unspecified atom stereocenters. The third kappa shape index (κ3) is 7.05. The highest BCUT2D eigenvalue weighted by Gasteiger charge is 2.21. The number of carbonyl (C=O) groups is 1. The van der Waals surface area contributed by atoms with Crippen LogP contribution < -0.4 is 14.8 Å². The topological polar surface area (TPSA) is 84.9 Å². The Morgan fingerprint density at radius 1 is 1.00 bits per heavy atom. The number of nitrogens with zero attached hydrogens (tertiary/aromatic N) is 1. The van der Waals surface area contributed by atoms with Gasteiger partial charge in [0.1, 0.15) is 0 Å². The van der Waals surface area contributed by atoms with Gasteiger partial charge in [-0.2, -0.15) is 4.31 Å². The van der Waals surface area contributed by atoms with Crippen LogP contribution in [0.3, 0.4) is 0 Å². The average molecular weight is 475 g/mol. The molecule has 0 spiro atoms. The number of nitrogens with one attached hydrogen (secondary N) is 1. The molecule has 0 saturated heterocycles. The molecule has 0 aliphatic heterocycles. The molecule has 7 nitrogen and oxygen atoms in total. The largest absolute Gasteiger partial charge is 0.493 e. The molecule has 2 aromatic carbocycles. The van der Waals surface area contributed by atoms with Gasteiger partial charge in [0.05, 0.1) is 37.1 Å². The van der Waals surface area contributed by atoms with Gasteiger partial charge >= 0.3 is 0 Å². The number of halogens is 2. The van der Waals surface area contributed by atoms with Gasteiger partial charge in [0, 0.05) is 13.1 Å². The van der Waals surface area contributed by atoms with Crippen LogP contribution in [0.4, 0.5) is 0 Å². The first-order valence-electron chi connectivity index (χ1n) is 9.00. The highest BCUT2D eigenvalue weighted by atomic mass is 35.5. The summed E-state index contributed by atoms with van der Waals surface area (Å²) in [5.74, 6) is 0.823. The highest BCUT2D eigenvalue weighted by molar-refractivity contribution is 7.88. The Kier molecular flexibility index (Phi) is 8.78. The first-order chi connectivity index (χ1) is 14.1. The fraction of sp³-hybridized carbons (Fsp3) is 0.350. The van der Waals surface area contributed by atoms with E-state index < -0.39 is 15.9 Å². The van der Waals surface area contributed by atoms with Crippen LogP contribution in [0.1, 0.15) is 11.1 Å². The van der Waals surface area contributed by atoms with Crippen LogP contribution >= 0.6 is 23.2 Å². The summed E-state index contributed by atoms with van der Waals surface area (Å²) < 4.78 is 35.8. The van der Waals surface area contributed by atoms with Crippen molar-refractivity contribution in [1.82, 2.24) is 9.62 Å². The van der Waals surface area contributed by atoms with E-state index in [2.05, 4.69) is 5.32 Å². The maximum absolute atomic E-state index is 12.3. The van der Waals surface area contributed by atoms with Crippen molar-refractivity contribution in [2.45, 2.75) is 13.0 Å². The minimum atomic E-state index is -3.61. The van der Waals surface area contributed by atoms with Crippen molar-refractivity contribution < 1.29 is 22.7 Å². The number of ether oxygens (including phenoxy) is 2. The first kappa shape index (κ1) is 24.3. The molecule has 1 N–H and O–H groups in total. The smallest absolute Gasteiger partial charge is 0.235 e. The number of benzene rings is 2. The van der Waals surface area contributed by atoms with Crippen molar-refractivity contribution in [1.29, 1.82) is 0 Å². The van der Waals surface area contributed by atoms with Gasteiger partial charge in [0.2, 0.25) is 15.9 Å². The molecule has 30 heavy (non-hydrogen) atoms. The predicted octanol–water partition coefficient (Wildman–Crippen LogP) is 3.13. The number of rotatable bonds is 10. The van der Waals surface area contributed by atoms with Gasteiger partial charge in [-0.1, -0.05) is 35.3 Å². The van der Waals surface area contributed by atoms with Crippen molar-refractivity contribution in [2.75, 3.05) is 33.6 Å². The van der Waals surface area contributed by atoms with E-state index in [1.165, 1.54) is 0 Å². The van der Waals surface area contributed by atoms with Crippen LogP contribution in [0.25, 0.3) is 0 Å². The molecular formula is C20H24Cl2N2O5S. The van der Waals surface area contributed by atoms with Gasteiger partial charge in [-0.15, -0.1) is 0 Å². The standard InChI is InChI=1S/C20H24Cl2N2O5S/c1-28-18-7-5-14(11-19(18)29-2)8-9-23-20(25)13-24(30(3,26)27)12-15-4-6-16(21)17(22)10-15/h4-7,10-11H,8-9,12-13H2,1-3H3,(H,23,25). The second-order valence-electron chi connectivity index (χ2n) is 6.57. The second-order valence-corrected chi connectivity index (χ2v) is 9.37. The quantitative estimate of drug-likeness (QED) is 0.571. The predicted molar refractivity (Wildman–Crippen MR) is 118 cm³/mol. The zero-order valence-electron chi connectivity index (χ0n) is 16.9. The van der Waals surface area contributed by atoms with Gasteiger partial charge in [0.15, 0.2) is 11.5 Å². The Hall–Kier alpha value is -2.00. The lowest BCUT2D eigenvalue weighted by Crippen LogP contribution is -2.40. The minimum absolute atomic E-state index is 0.0127. The van der Waals surface area contributed by atoms with Crippen LogP contribution in [-0.4, -0.2) is 52.2 Å². The summed E-state index contributed by atoms with van der Waals surface area (Å²) in [5.41, 5.74) is 1.58. The normalized spacial score (nSPS) is 11.4. The lowest BCUT2D eigenvalue weighted by atomic mass is 10.1. The maximum Gasteiger partial charge on any atom is 0.235 e. The Morgan fingerprint density at radius 3 is 2.27 bits per heavy atom. The summed E-state index contributed by atoms with van der Waals surface area (Å²) in [4.78, 5) is 12.3. The average Bonchev–Trinajstić information content (AvgIpc) is 2.69. The van der Waals surface area contributed by atoms with E-state index in [1.54, 1.807) is 38.5 Å². The van der Waals surface area contributed by atoms with Crippen LogP contribution in [0.15, 0.2) is 36.4 Å². The Bertz CT molecular complexity index is 999. The van der Waals surface area contributed by atoms with Crippen molar-refractivity contribution in [3.05, 3.63) is 57.6 Å². The lowest BCUT2D eigenvalue weighted by Gasteiger charge is -2.20. The zero-order valence-corrected chi connectivity index (χ0v) is 19.3. The van der Waals surface area contributed by atoms with Gasteiger partial charge in [-0.05, 0) is 41.8 Å². The van der Waals surface area contributed by atoms with E-state index in [0.29, 0.717) is 40.1 Å². The minimum Gasteiger partial charge on any atom is -0.493 e. The Labute approximate surface area is 186 Å². The molecule has 2 rings (SSSR count). The summed E-state index contributed by atoms with van der Waals surface area (Å²) >= 11 is 11.9. The lowest BCUT2D eigenvalue weighted by molar-refractivity contribution is -0.121. The zero-order chi connectivity index (χ0) is 22.3. The number of hydrogen-bond acceptors (Lipinski definition) is 5. The fourth-order valence-electron chi connectivity index (χ4n) is 2.73. The SMILES string of the molecule is COc1ccc(CCNC(=O)CN(Cc2ccc(Cl)c(Cl)c2)S(C)(=O)=O)cc1OC. The number of methoxy groups -OCH3 is 2. The Morgan fingerprint density at radius 2 is 1.67 bits per heavy atom. The van der Waals surface area contributed by atoms with Crippen molar-refractivity contribution in [2.24, 2.45) is 0 Å². The molecular weight excluding hydrogens is 451 g/mol. The summed E-state index contributed by atoms with van der Waals surface area (Å²) in [6.45, 7) is 0.0581. The third-order valence-corrected chi connectivity index (χ3v) is 6.25. The highest BCUT2D eigenvalue weighted by Crippen LogP contribution is 2.27. The summed E-state index contributed by atoms with van der Waals surface area (Å²) in [6, 6.07) is 10.3. The molecule has 1 amide bonds. The van der Waals surface area contributed by atoms with Crippen LogP contribution in [0.5, 0.6) is 11.5 Å². The van der Waals surface area contributed by atoms with E-state index in [1.807, 2.05) is 12.1 Å². The second kappa shape index (κ2) is 10.9. The van der Waals surface area contributed by atoms with Gasteiger partial charge in [-0.25, -0.2) is 8.42 Å². The van der Waals surface area contributed by atoms with E-state index in [4.69, 9.17) is 32.7 Å². The molecule has 0 saturated carbocycles. The molecule has 164 valence electrons. The Balaban J connectivity index is 1.95. The summed E-state index contributed by atoms with van der Waals surface area (Å²) in [7, 11) is -0.498. The number of sulfonamides is 1. The monoisotopic (exact) mass is 474 g/mol. The molecule has 0 fully saturated rings. The van der Waals surface area contributed by atoms with Gasteiger partial charge < -0.3 is 14.8 Å². The molecule has 2 aromatic rings. The number of hydrogen-bond donors (Lipinski definition) is 1. The van der Waals surface area contributed by atoms with Gasteiger partial charge in [0.25, 0.3) is 0 Å². The van der Waals surface area contributed by atoms with Crippen molar-refractivity contribution in [3.63, 3.8) is 0 Å². The van der Waals surface area contributed by atoms with Crippen molar-refractivity contribution in [3.8, 4) is 11.5 Å². The molecule has 0 aliphatic rings. The van der Waals surface area contributed by atoms with E-state index in [0.717, 1.165) is 16.1 Å². The summed E-state index contributed by atoms with van der Waals surface area (Å²) in [6.07, 6.45) is 1.61. The number of carbonyl (C=O) groups excluding carboxylic acids is 1. The molecule has 0 bridgehead atoms. The van der Waals surface area contributed by atoms with Crippen LogP contribution in [0.2, 0.25) is 10.0 Å². The van der Waals surface area contributed by atoms with E-state index in [-0.39, 0.29) is 13.1 Å². The van der Waals surface area contributed by atoms with Gasteiger partial charge in [-0.3, -0.25) is 4.79 Å². The number of amides is 1. The van der Waals surface area contributed by atoms with E-state index in [9.17, 15) is 13.2 Å². The van der Waals surface area contributed by atoms with E-state index >= 15 is 0 Å². The molecule has 0 atom stereocenters. The molecule has 0 aromatic heterocycles. The summed E-state index contributed by atoms with van der Waals surface area (Å²) in [5, 5.41) is 3.44. The molecule has 0 radical (unpaired) electrons. The fourth-order valence-corrected chi connectivity index (χ4v) is 3.79. The third-order valence-electron chi connectivity index (χ3n) is 4.32. The maximum atomic E-state index is 12.3. The van der Waals surface area contributed by atoms with Crippen LogP contribution in [0, 0.1) is 0 Å².